The maximum atomic E-state index is 12.8. The number of amides is 2. The quantitative estimate of drug-likeness (QED) is 0.134. The summed E-state index contributed by atoms with van der Waals surface area (Å²) in [4.78, 5) is 39.5. The number of amidine groups is 1. The van der Waals surface area contributed by atoms with Gasteiger partial charge in [-0.3, -0.25) is 19.8 Å². The van der Waals surface area contributed by atoms with E-state index in [9.17, 15) is 19.5 Å². The highest BCUT2D eigenvalue weighted by molar-refractivity contribution is 6.12. The zero-order chi connectivity index (χ0) is 32.0. The Morgan fingerprint density at radius 3 is 2.17 bits per heavy atom. The molecular formula is C38H33N3O5. The van der Waals surface area contributed by atoms with Crippen molar-refractivity contribution in [2.75, 3.05) is 13.1 Å². The predicted molar refractivity (Wildman–Crippen MR) is 177 cm³/mol. The van der Waals surface area contributed by atoms with E-state index < -0.39 is 11.9 Å². The molecule has 1 saturated heterocycles. The van der Waals surface area contributed by atoms with Crippen LogP contribution in [-0.4, -0.2) is 52.8 Å². The molecule has 2 atom stereocenters. The van der Waals surface area contributed by atoms with Gasteiger partial charge in [-0.1, -0.05) is 78.9 Å². The molecule has 0 aromatic heterocycles. The summed E-state index contributed by atoms with van der Waals surface area (Å²) >= 11 is 0. The summed E-state index contributed by atoms with van der Waals surface area (Å²) in [6.07, 6.45) is 0.863. The molecule has 0 radical (unpaired) electrons. The molecule has 0 saturated carbocycles. The summed E-state index contributed by atoms with van der Waals surface area (Å²) < 4.78 is 6.15. The molecule has 5 aromatic carbocycles. The topological polar surface area (TPSA) is 120 Å². The van der Waals surface area contributed by atoms with Gasteiger partial charge in [0, 0.05) is 29.7 Å². The number of nitrogens with one attached hydrogen (secondary N) is 2. The van der Waals surface area contributed by atoms with Gasteiger partial charge in [-0.2, -0.15) is 0 Å². The molecule has 0 spiro atoms. The molecule has 1 aliphatic rings. The fourth-order valence-electron chi connectivity index (χ4n) is 5.75. The summed E-state index contributed by atoms with van der Waals surface area (Å²) in [5.74, 6) is -1.46. The first-order valence-corrected chi connectivity index (χ1v) is 15.2. The van der Waals surface area contributed by atoms with Crippen LogP contribution in [0.1, 0.15) is 49.7 Å². The van der Waals surface area contributed by atoms with Crippen LogP contribution in [0.5, 0.6) is 5.75 Å². The molecule has 5 aromatic rings. The molecule has 6 rings (SSSR count). The normalized spacial score (nSPS) is 14.9. The number of benzene rings is 5. The number of fused-ring (bicyclic) bond motifs is 1. The van der Waals surface area contributed by atoms with Crippen molar-refractivity contribution < 1.29 is 24.2 Å². The SMILES string of the molecule is N=C(NC(=O)c1ccccc1)c1ccc2ccc(C[C@H](C(=O)O)c3ccc(O[C@H]4CCN(C(=O)c5ccccc5)C4)cc3)cc2c1. The third-order valence-corrected chi connectivity index (χ3v) is 8.24. The second-order valence-corrected chi connectivity index (χ2v) is 11.4. The molecule has 46 heavy (non-hydrogen) atoms. The third-order valence-electron chi connectivity index (χ3n) is 8.24. The second kappa shape index (κ2) is 13.5. The van der Waals surface area contributed by atoms with Crippen LogP contribution in [0.15, 0.2) is 121 Å². The molecule has 3 N–H and O–H groups in total. The van der Waals surface area contributed by atoms with E-state index in [4.69, 9.17) is 10.1 Å². The maximum absolute atomic E-state index is 12.8. The van der Waals surface area contributed by atoms with Crippen molar-refractivity contribution in [2.24, 2.45) is 0 Å². The van der Waals surface area contributed by atoms with E-state index in [1.165, 1.54) is 0 Å². The Kier molecular flexibility index (Phi) is 8.87. The average molecular weight is 612 g/mol. The number of carbonyl (C=O) groups excluding carboxylic acids is 2. The number of likely N-dealkylation sites (tertiary alicyclic amines) is 1. The summed E-state index contributed by atoms with van der Waals surface area (Å²) in [7, 11) is 0. The minimum atomic E-state index is -0.932. The van der Waals surface area contributed by atoms with Crippen LogP contribution < -0.4 is 10.1 Å². The Morgan fingerprint density at radius 1 is 0.804 bits per heavy atom. The Morgan fingerprint density at radius 2 is 1.48 bits per heavy atom. The first kappa shape index (κ1) is 30.3. The third kappa shape index (κ3) is 6.97. The lowest BCUT2D eigenvalue weighted by atomic mass is 9.91. The van der Waals surface area contributed by atoms with E-state index in [-0.39, 0.29) is 30.2 Å². The van der Waals surface area contributed by atoms with Gasteiger partial charge in [0.15, 0.2) is 0 Å². The number of rotatable bonds is 9. The molecule has 0 bridgehead atoms. The monoisotopic (exact) mass is 611 g/mol. The van der Waals surface area contributed by atoms with E-state index >= 15 is 0 Å². The molecule has 0 aliphatic carbocycles. The van der Waals surface area contributed by atoms with Crippen LogP contribution in [0, 0.1) is 5.41 Å². The van der Waals surface area contributed by atoms with Gasteiger partial charge in [-0.15, -0.1) is 0 Å². The summed E-state index contributed by atoms with van der Waals surface area (Å²) in [5.41, 5.74) is 3.17. The lowest BCUT2D eigenvalue weighted by Crippen LogP contribution is -2.30. The fraction of sp³-hybridized carbons (Fsp3) is 0.158. The number of aliphatic carboxylic acids is 1. The van der Waals surface area contributed by atoms with Crippen molar-refractivity contribution >= 4 is 34.4 Å². The molecule has 230 valence electrons. The molecule has 2 amide bonds. The average Bonchev–Trinajstić information content (AvgIpc) is 3.56. The van der Waals surface area contributed by atoms with Crippen molar-refractivity contribution in [3.05, 3.63) is 149 Å². The van der Waals surface area contributed by atoms with Gasteiger partial charge in [0.05, 0.1) is 12.5 Å². The van der Waals surface area contributed by atoms with E-state index in [0.29, 0.717) is 41.1 Å². The highest BCUT2D eigenvalue weighted by atomic mass is 16.5. The fourth-order valence-corrected chi connectivity index (χ4v) is 5.75. The Bertz CT molecular complexity index is 1890. The largest absolute Gasteiger partial charge is 0.489 e. The Hall–Kier alpha value is -5.76. The standard InChI is InChI=1S/C38H33N3O5/c39-35(40-36(42)28-7-3-1-4-8-28)30-14-13-26-12-11-25(21-31(26)23-30)22-34(38(44)45)27-15-17-32(18-16-27)46-33-19-20-41(24-33)37(43)29-9-5-2-6-10-29/h1-18,21,23,33-34H,19-20,22,24H2,(H,44,45)(H2,39,40,42)/t33-,34-/m0/s1. The van der Waals surface area contributed by atoms with Crippen LogP contribution in [0.3, 0.4) is 0 Å². The molecule has 1 aliphatic heterocycles. The first-order chi connectivity index (χ1) is 22.3. The number of carboxylic acids is 1. The van der Waals surface area contributed by atoms with Crippen molar-refractivity contribution in [1.29, 1.82) is 5.41 Å². The van der Waals surface area contributed by atoms with Crippen LogP contribution in [0.25, 0.3) is 10.8 Å². The van der Waals surface area contributed by atoms with Gasteiger partial charge in [0.25, 0.3) is 11.8 Å². The van der Waals surface area contributed by atoms with Gasteiger partial charge in [0.2, 0.25) is 0 Å². The van der Waals surface area contributed by atoms with Crippen LogP contribution in [-0.2, 0) is 11.2 Å². The van der Waals surface area contributed by atoms with Gasteiger partial charge in [0.1, 0.15) is 17.7 Å². The molecular weight excluding hydrogens is 578 g/mol. The van der Waals surface area contributed by atoms with Crippen molar-refractivity contribution in [2.45, 2.75) is 24.9 Å². The highest BCUT2D eigenvalue weighted by Crippen LogP contribution is 2.27. The number of ether oxygens (including phenoxy) is 1. The molecule has 0 unspecified atom stereocenters. The lowest BCUT2D eigenvalue weighted by molar-refractivity contribution is -0.138. The zero-order valence-corrected chi connectivity index (χ0v) is 25.1. The van der Waals surface area contributed by atoms with Gasteiger partial charge < -0.3 is 20.1 Å². The number of hydrogen-bond donors (Lipinski definition) is 3. The summed E-state index contributed by atoms with van der Waals surface area (Å²) in [5, 5.41) is 23.0. The van der Waals surface area contributed by atoms with E-state index in [2.05, 4.69) is 5.32 Å². The van der Waals surface area contributed by atoms with Crippen LogP contribution in [0.2, 0.25) is 0 Å². The first-order valence-electron chi connectivity index (χ1n) is 15.2. The zero-order valence-electron chi connectivity index (χ0n) is 25.1. The molecule has 8 nitrogen and oxygen atoms in total. The summed E-state index contributed by atoms with van der Waals surface area (Å²) in [6.45, 7) is 1.12. The Balaban J connectivity index is 1.10. The molecule has 1 fully saturated rings. The predicted octanol–water partition coefficient (Wildman–Crippen LogP) is 6.30. The smallest absolute Gasteiger partial charge is 0.311 e. The van der Waals surface area contributed by atoms with E-state index in [1.54, 1.807) is 59.5 Å². The second-order valence-electron chi connectivity index (χ2n) is 11.4. The van der Waals surface area contributed by atoms with Crippen LogP contribution >= 0.6 is 0 Å². The molecule has 8 heteroatoms. The van der Waals surface area contributed by atoms with Crippen molar-refractivity contribution in [3.8, 4) is 5.75 Å². The lowest BCUT2D eigenvalue weighted by Gasteiger charge is -2.18. The number of carboxylic acid groups (broad SMARTS) is 1. The Labute approximate surface area is 266 Å². The van der Waals surface area contributed by atoms with Crippen LogP contribution in [0.4, 0.5) is 0 Å². The number of carbonyl (C=O) groups is 3. The van der Waals surface area contributed by atoms with E-state index in [1.807, 2.05) is 66.7 Å². The minimum absolute atomic E-state index is 0.00986. The van der Waals surface area contributed by atoms with Gasteiger partial charge in [-0.05, 0) is 70.8 Å². The van der Waals surface area contributed by atoms with Crippen molar-refractivity contribution in [1.82, 2.24) is 10.2 Å². The van der Waals surface area contributed by atoms with Crippen molar-refractivity contribution in [3.63, 3.8) is 0 Å². The summed E-state index contributed by atoms with van der Waals surface area (Å²) in [6, 6.07) is 36.3. The maximum Gasteiger partial charge on any atom is 0.311 e. The van der Waals surface area contributed by atoms with E-state index in [0.717, 1.165) is 22.8 Å². The van der Waals surface area contributed by atoms with Gasteiger partial charge in [-0.25, -0.2) is 0 Å². The highest BCUT2D eigenvalue weighted by Gasteiger charge is 2.28. The van der Waals surface area contributed by atoms with Gasteiger partial charge >= 0.3 is 5.97 Å². The number of nitrogens with zero attached hydrogens (tertiary/aromatic N) is 1. The minimum Gasteiger partial charge on any atom is -0.489 e. The number of hydrogen-bond acceptors (Lipinski definition) is 5. The molecule has 1 heterocycles.